The number of nitrogens with one attached hydrogen (secondary N) is 1. The minimum absolute atomic E-state index is 0.106. The third-order valence-electron chi connectivity index (χ3n) is 3.20. The Bertz CT molecular complexity index is 468. The third-order valence-corrected chi connectivity index (χ3v) is 3.20. The van der Waals surface area contributed by atoms with Gasteiger partial charge in [0.25, 0.3) is 0 Å². The van der Waals surface area contributed by atoms with Crippen LogP contribution in [0.1, 0.15) is 24.2 Å². The molecule has 0 aromatic heterocycles. The molecule has 1 heterocycles. The lowest BCUT2D eigenvalue weighted by molar-refractivity contribution is 0.0601. The van der Waals surface area contributed by atoms with Crippen molar-refractivity contribution in [3.63, 3.8) is 0 Å². The smallest absolute Gasteiger partial charge is 0.339 e. The van der Waals surface area contributed by atoms with E-state index in [0.717, 1.165) is 37.6 Å². The van der Waals surface area contributed by atoms with E-state index in [2.05, 4.69) is 10.2 Å². The number of ether oxygens (including phenoxy) is 2. The van der Waals surface area contributed by atoms with Gasteiger partial charge in [-0.05, 0) is 26.0 Å². The van der Waals surface area contributed by atoms with Gasteiger partial charge in [0.2, 0.25) is 0 Å². The number of methoxy groups -OCH3 is 1. The van der Waals surface area contributed by atoms with E-state index in [1.54, 1.807) is 6.07 Å². The maximum absolute atomic E-state index is 11.9. The van der Waals surface area contributed by atoms with Gasteiger partial charge in [-0.1, -0.05) is 0 Å². The van der Waals surface area contributed by atoms with Crippen molar-refractivity contribution in [1.82, 2.24) is 5.32 Å². The normalized spacial score (nSPS) is 15.3. The molecule has 1 N–H and O–H groups in total. The number of nitrogens with zero attached hydrogens (tertiary/aromatic N) is 1. The highest BCUT2D eigenvalue weighted by molar-refractivity contribution is 5.96. The molecule has 0 atom stereocenters. The largest absolute Gasteiger partial charge is 0.491 e. The Balaban J connectivity index is 2.33. The molecule has 0 spiro atoms. The Morgan fingerprint density at radius 1 is 1.30 bits per heavy atom. The molecule has 1 saturated heterocycles. The van der Waals surface area contributed by atoms with Crippen LogP contribution in [0.25, 0.3) is 0 Å². The topological polar surface area (TPSA) is 50.8 Å². The summed E-state index contributed by atoms with van der Waals surface area (Å²) in [4.78, 5) is 14.1. The van der Waals surface area contributed by atoms with Crippen molar-refractivity contribution < 1.29 is 14.3 Å². The zero-order chi connectivity index (χ0) is 14.5. The first-order chi connectivity index (χ1) is 9.61. The molecule has 2 rings (SSSR count). The standard InChI is InChI=1S/C15H22N2O3/c1-11(2)20-12-4-5-13(15(18)19-3)14(10-12)17-8-6-16-7-9-17/h4-5,10-11,16H,6-9H2,1-3H3. The SMILES string of the molecule is COC(=O)c1ccc(OC(C)C)cc1N1CCNCC1. The molecule has 1 fully saturated rings. The molecule has 0 bridgehead atoms. The van der Waals surface area contributed by atoms with Crippen LogP contribution < -0.4 is 15.0 Å². The van der Waals surface area contributed by atoms with Crippen LogP contribution in [0.4, 0.5) is 5.69 Å². The fourth-order valence-corrected chi connectivity index (χ4v) is 2.31. The molecule has 5 nitrogen and oxygen atoms in total. The molecule has 1 aromatic carbocycles. The second-order valence-electron chi connectivity index (χ2n) is 5.07. The predicted molar refractivity (Wildman–Crippen MR) is 78.6 cm³/mol. The van der Waals surface area contributed by atoms with Gasteiger partial charge in [0, 0.05) is 32.2 Å². The van der Waals surface area contributed by atoms with Gasteiger partial charge >= 0.3 is 5.97 Å². The van der Waals surface area contributed by atoms with Crippen LogP contribution in [0.15, 0.2) is 18.2 Å². The van der Waals surface area contributed by atoms with Crippen LogP contribution in [0.2, 0.25) is 0 Å². The number of carbonyl (C=O) groups excluding carboxylic acids is 1. The lowest BCUT2D eigenvalue weighted by Gasteiger charge is -2.31. The Kier molecular flexibility index (Phi) is 4.84. The van der Waals surface area contributed by atoms with E-state index in [0.29, 0.717) is 5.56 Å². The van der Waals surface area contributed by atoms with Crippen molar-refractivity contribution >= 4 is 11.7 Å². The van der Waals surface area contributed by atoms with Gasteiger partial charge in [0.1, 0.15) is 5.75 Å². The van der Waals surface area contributed by atoms with Gasteiger partial charge in [0.15, 0.2) is 0 Å². The molecular weight excluding hydrogens is 256 g/mol. The van der Waals surface area contributed by atoms with Crippen LogP contribution in [0, 0.1) is 0 Å². The summed E-state index contributed by atoms with van der Waals surface area (Å²) in [7, 11) is 1.41. The molecule has 0 saturated carbocycles. The summed E-state index contributed by atoms with van der Waals surface area (Å²) in [6, 6.07) is 5.52. The molecular formula is C15H22N2O3. The number of esters is 1. The second-order valence-corrected chi connectivity index (χ2v) is 5.07. The number of piperazine rings is 1. The van der Waals surface area contributed by atoms with Crippen LogP contribution in [-0.4, -0.2) is 45.4 Å². The van der Waals surface area contributed by atoms with Crippen LogP contribution in [0.3, 0.4) is 0 Å². The van der Waals surface area contributed by atoms with Crippen molar-refractivity contribution in [2.75, 3.05) is 38.2 Å². The minimum Gasteiger partial charge on any atom is -0.491 e. The summed E-state index contributed by atoms with van der Waals surface area (Å²) in [6.07, 6.45) is 0.106. The van der Waals surface area contributed by atoms with E-state index in [-0.39, 0.29) is 12.1 Å². The monoisotopic (exact) mass is 278 g/mol. The first-order valence-corrected chi connectivity index (χ1v) is 6.96. The number of benzene rings is 1. The molecule has 20 heavy (non-hydrogen) atoms. The summed E-state index contributed by atoms with van der Waals surface area (Å²) >= 11 is 0. The quantitative estimate of drug-likeness (QED) is 0.849. The molecule has 0 unspecified atom stereocenters. The average Bonchev–Trinajstić information content (AvgIpc) is 2.46. The van der Waals surface area contributed by atoms with E-state index < -0.39 is 0 Å². The van der Waals surface area contributed by atoms with E-state index in [1.807, 2.05) is 26.0 Å². The molecule has 5 heteroatoms. The maximum atomic E-state index is 11.9. The summed E-state index contributed by atoms with van der Waals surface area (Å²) in [5, 5.41) is 3.30. The zero-order valence-corrected chi connectivity index (χ0v) is 12.3. The Morgan fingerprint density at radius 3 is 2.60 bits per heavy atom. The molecule has 1 aliphatic heterocycles. The van der Waals surface area contributed by atoms with E-state index in [9.17, 15) is 4.79 Å². The van der Waals surface area contributed by atoms with Crippen molar-refractivity contribution in [3.05, 3.63) is 23.8 Å². The van der Waals surface area contributed by atoms with Gasteiger partial charge in [-0.2, -0.15) is 0 Å². The van der Waals surface area contributed by atoms with Crippen molar-refractivity contribution in [3.8, 4) is 5.75 Å². The summed E-state index contributed by atoms with van der Waals surface area (Å²) in [6.45, 7) is 7.54. The summed E-state index contributed by atoms with van der Waals surface area (Å²) < 4.78 is 10.6. The predicted octanol–water partition coefficient (Wildman–Crippen LogP) is 1.67. The second kappa shape index (κ2) is 6.61. The highest BCUT2D eigenvalue weighted by Crippen LogP contribution is 2.28. The fraction of sp³-hybridized carbons (Fsp3) is 0.533. The van der Waals surface area contributed by atoms with Crippen molar-refractivity contribution in [2.45, 2.75) is 20.0 Å². The lowest BCUT2D eigenvalue weighted by Crippen LogP contribution is -2.44. The molecule has 0 aliphatic carbocycles. The Labute approximate surface area is 119 Å². The van der Waals surface area contributed by atoms with Gasteiger partial charge in [-0.3, -0.25) is 0 Å². The average molecular weight is 278 g/mol. The number of carbonyl (C=O) groups is 1. The van der Waals surface area contributed by atoms with E-state index in [1.165, 1.54) is 7.11 Å². The van der Waals surface area contributed by atoms with E-state index in [4.69, 9.17) is 9.47 Å². The van der Waals surface area contributed by atoms with Crippen LogP contribution in [0.5, 0.6) is 5.75 Å². The Morgan fingerprint density at radius 2 is 2.00 bits per heavy atom. The molecule has 1 aliphatic rings. The van der Waals surface area contributed by atoms with Gasteiger partial charge in [-0.25, -0.2) is 4.79 Å². The van der Waals surface area contributed by atoms with Crippen molar-refractivity contribution in [2.24, 2.45) is 0 Å². The molecule has 0 amide bonds. The highest BCUT2D eigenvalue weighted by Gasteiger charge is 2.20. The lowest BCUT2D eigenvalue weighted by atomic mass is 10.1. The highest BCUT2D eigenvalue weighted by atomic mass is 16.5. The minimum atomic E-state index is -0.311. The van der Waals surface area contributed by atoms with Crippen molar-refractivity contribution in [1.29, 1.82) is 0 Å². The van der Waals surface area contributed by atoms with E-state index >= 15 is 0 Å². The molecule has 1 aromatic rings. The number of rotatable bonds is 4. The molecule has 0 radical (unpaired) electrons. The van der Waals surface area contributed by atoms with Gasteiger partial charge in [0.05, 0.1) is 24.5 Å². The first kappa shape index (κ1) is 14.7. The van der Waals surface area contributed by atoms with Gasteiger partial charge < -0.3 is 19.7 Å². The van der Waals surface area contributed by atoms with Crippen LogP contribution >= 0.6 is 0 Å². The summed E-state index contributed by atoms with van der Waals surface area (Å²) in [5.41, 5.74) is 1.47. The fourth-order valence-electron chi connectivity index (χ4n) is 2.31. The summed E-state index contributed by atoms with van der Waals surface area (Å²) in [5.74, 6) is 0.468. The number of hydrogen-bond donors (Lipinski definition) is 1. The van der Waals surface area contributed by atoms with Crippen LogP contribution in [-0.2, 0) is 4.74 Å². The first-order valence-electron chi connectivity index (χ1n) is 6.96. The maximum Gasteiger partial charge on any atom is 0.339 e. The number of anilines is 1. The third kappa shape index (κ3) is 3.42. The Hall–Kier alpha value is -1.75. The zero-order valence-electron chi connectivity index (χ0n) is 12.3. The molecule has 110 valence electrons. The number of hydrogen-bond acceptors (Lipinski definition) is 5. The van der Waals surface area contributed by atoms with Gasteiger partial charge in [-0.15, -0.1) is 0 Å².